The summed E-state index contributed by atoms with van der Waals surface area (Å²) in [6, 6.07) is 6.70. The zero-order valence-electron chi connectivity index (χ0n) is 11.1. The largest absolute Gasteiger partial charge is 0.346 e. The van der Waals surface area contributed by atoms with Crippen molar-refractivity contribution in [2.75, 3.05) is 0 Å². The van der Waals surface area contributed by atoms with Gasteiger partial charge in [-0.25, -0.2) is 9.97 Å². The van der Waals surface area contributed by atoms with E-state index in [1.165, 1.54) is 12.8 Å². The summed E-state index contributed by atoms with van der Waals surface area (Å²) in [7, 11) is 0. The van der Waals surface area contributed by atoms with E-state index in [1.54, 1.807) is 24.5 Å². The first-order chi connectivity index (χ1) is 10.1. The van der Waals surface area contributed by atoms with Crippen molar-refractivity contribution in [2.45, 2.75) is 25.3 Å². The van der Waals surface area contributed by atoms with Crippen molar-refractivity contribution in [3.05, 3.63) is 57.6 Å². The fourth-order valence-electron chi connectivity index (χ4n) is 2.07. The van der Waals surface area contributed by atoms with Gasteiger partial charge in [-0.05, 0) is 37.1 Å². The average molecular weight is 322 g/mol. The minimum atomic E-state index is -0.231. The molecule has 1 saturated carbocycles. The fraction of sp³-hybridized carbons (Fsp3) is 0.267. The molecule has 1 aliphatic rings. The van der Waals surface area contributed by atoms with Gasteiger partial charge in [-0.15, -0.1) is 0 Å². The van der Waals surface area contributed by atoms with Crippen LogP contribution in [0.4, 0.5) is 0 Å². The van der Waals surface area contributed by atoms with Crippen molar-refractivity contribution < 1.29 is 4.79 Å². The summed E-state index contributed by atoms with van der Waals surface area (Å²) in [5.41, 5.74) is 2.29. The van der Waals surface area contributed by atoms with Crippen LogP contribution in [-0.2, 0) is 6.54 Å². The summed E-state index contributed by atoms with van der Waals surface area (Å²) in [4.78, 5) is 20.5. The third kappa shape index (κ3) is 3.71. The second-order valence-electron chi connectivity index (χ2n) is 5.05. The predicted octanol–water partition coefficient (Wildman–Crippen LogP) is 3.59. The van der Waals surface area contributed by atoms with Crippen LogP contribution in [0.15, 0.2) is 30.6 Å². The van der Waals surface area contributed by atoms with Crippen molar-refractivity contribution in [3.8, 4) is 0 Å². The van der Waals surface area contributed by atoms with E-state index < -0.39 is 0 Å². The maximum Gasteiger partial charge on any atom is 0.251 e. The molecule has 1 fully saturated rings. The molecule has 21 heavy (non-hydrogen) atoms. The van der Waals surface area contributed by atoms with E-state index >= 15 is 0 Å². The van der Waals surface area contributed by atoms with Crippen LogP contribution >= 0.6 is 23.2 Å². The third-order valence-corrected chi connectivity index (χ3v) is 3.73. The molecule has 1 aromatic heterocycles. The number of hydrogen-bond donors (Lipinski definition) is 1. The topological polar surface area (TPSA) is 54.9 Å². The Kier molecular flexibility index (Phi) is 4.08. The summed E-state index contributed by atoms with van der Waals surface area (Å²) in [6.07, 6.45) is 3.92. The maximum atomic E-state index is 12.1. The number of carbonyl (C=O) groups excluding carboxylic acids is 1. The summed E-state index contributed by atoms with van der Waals surface area (Å²) in [5.74, 6) is 0.333. The molecule has 4 nitrogen and oxygen atoms in total. The van der Waals surface area contributed by atoms with Gasteiger partial charge in [0.05, 0.1) is 12.2 Å². The van der Waals surface area contributed by atoms with Gasteiger partial charge in [0, 0.05) is 27.2 Å². The molecule has 6 heteroatoms. The molecule has 1 aromatic carbocycles. The van der Waals surface area contributed by atoms with Crippen LogP contribution in [0, 0.1) is 0 Å². The highest BCUT2D eigenvalue weighted by atomic mass is 35.5. The number of nitrogens with one attached hydrogen (secondary N) is 1. The normalized spacial score (nSPS) is 14.0. The highest BCUT2D eigenvalue weighted by Gasteiger charge is 2.25. The molecule has 108 valence electrons. The minimum Gasteiger partial charge on any atom is -0.346 e. The Hall–Kier alpha value is -1.65. The van der Waals surface area contributed by atoms with Crippen LogP contribution in [-0.4, -0.2) is 15.9 Å². The molecule has 1 N–H and O–H groups in total. The molecule has 3 rings (SSSR count). The second-order valence-corrected chi connectivity index (χ2v) is 5.92. The monoisotopic (exact) mass is 321 g/mol. The van der Waals surface area contributed by atoms with E-state index in [0.29, 0.717) is 28.1 Å². The number of halogens is 2. The van der Waals surface area contributed by atoms with E-state index in [2.05, 4.69) is 15.3 Å². The van der Waals surface area contributed by atoms with Gasteiger partial charge in [-0.1, -0.05) is 23.2 Å². The molecule has 2 aromatic rings. The van der Waals surface area contributed by atoms with Crippen molar-refractivity contribution in [1.29, 1.82) is 0 Å². The Bertz CT molecular complexity index is 666. The highest BCUT2D eigenvalue weighted by molar-refractivity contribution is 6.35. The quantitative estimate of drug-likeness (QED) is 0.936. The van der Waals surface area contributed by atoms with Crippen LogP contribution < -0.4 is 5.32 Å². The minimum absolute atomic E-state index is 0.231. The Morgan fingerprint density at radius 1 is 1.14 bits per heavy atom. The molecule has 0 radical (unpaired) electrons. The van der Waals surface area contributed by atoms with Crippen molar-refractivity contribution in [3.63, 3.8) is 0 Å². The van der Waals surface area contributed by atoms with Gasteiger partial charge in [-0.2, -0.15) is 0 Å². The summed E-state index contributed by atoms with van der Waals surface area (Å²) < 4.78 is 0. The summed E-state index contributed by atoms with van der Waals surface area (Å²) in [6.45, 7) is 0.352. The van der Waals surface area contributed by atoms with E-state index in [-0.39, 0.29) is 5.91 Å². The average Bonchev–Trinajstić information content (AvgIpc) is 3.28. The molecule has 1 aliphatic carbocycles. The molecular formula is C15H13Cl2N3O. The molecule has 0 unspecified atom stereocenters. The SMILES string of the molecule is O=C(NCc1cc(C2CC2)ncn1)c1cc(Cl)cc(Cl)c1. The third-order valence-electron chi connectivity index (χ3n) is 3.30. The number of nitrogens with zero attached hydrogens (tertiary/aromatic N) is 2. The van der Waals surface area contributed by atoms with Gasteiger partial charge in [0.15, 0.2) is 0 Å². The number of hydrogen-bond acceptors (Lipinski definition) is 3. The standard InChI is InChI=1S/C15H13Cl2N3O/c16-11-3-10(4-12(17)5-11)15(21)18-7-13-6-14(9-1-2-9)20-8-19-13/h3-6,8-9H,1-2,7H2,(H,18,21). The first kappa shape index (κ1) is 14.3. The molecule has 0 atom stereocenters. The number of rotatable bonds is 4. The highest BCUT2D eigenvalue weighted by Crippen LogP contribution is 2.38. The maximum absolute atomic E-state index is 12.1. The predicted molar refractivity (Wildman–Crippen MR) is 81.6 cm³/mol. The lowest BCUT2D eigenvalue weighted by Crippen LogP contribution is -2.23. The second kappa shape index (κ2) is 6.00. The van der Waals surface area contributed by atoms with Gasteiger partial charge < -0.3 is 5.32 Å². The lowest BCUT2D eigenvalue weighted by atomic mass is 10.2. The van der Waals surface area contributed by atoms with E-state index in [1.807, 2.05) is 6.07 Å². The number of benzene rings is 1. The Morgan fingerprint density at radius 2 is 1.86 bits per heavy atom. The van der Waals surface area contributed by atoms with Crippen molar-refractivity contribution >= 4 is 29.1 Å². The summed E-state index contributed by atoms with van der Waals surface area (Å²) in [5, 5.41) is 3.68. The number of amides is 1. The zero-order valence-corrected chi connectivity index (χ0v) is 12.7. The van der Waals surface area contributed by atoms with Crippen LogP contribution in [0.25, 0.3) is 0 Å². The van der Waals surface area contributed by atoms with Crippen LogP contribution in [0.3, 0.4) is 0 Å². The lowest BCUT2D eigenvalue weighted by Gasteiger charge is -2.06. The van der Waals surface area contributed by atoms with Gasteiger partial charge in [0.25, 0.3) is 5.91 Å². The van der Waals surface area contributed by atoms with Gasteiger partial charge >= 0.3 is 0 Å². The van der Waals surface area contributed by atoms with Crippen LogP contribution in [0.2, 0.25) is 10.0 Å². The van der Waals surface area contributed by atoms with Gasteiger partial charge in [0.1, 0.15) is 6.33 Å². The molecule has 0 spiro atoms. The Morgan fingerprint density at radius 3 is 2.52 bits per heavy atom. The van der Waals surface area contributed by atoms with Gasteiger partial charge in [-0.3, -0.25) is 4.79 Å². The lowest BCUT2D eigenvalue weighted by molar-refractivity contribution is 0.0950. The van der Waals surface area contributed by atoms with E-state index in [0.717, 1.165) is 11.4 Å². The smallest absolute Gasteiger partial charge is 0.251 e. The van der Waals surface area contributed by atoms with Crippen molar-refractivity contribution in [1.82, 2.24) is 15.3 Å². The molecule has 0 bridgehead atoms. The first-order valence-electron chi connectivity index (χ1n) is 6.67. The first-order valence-corrected chi connectivity index (χ1v) is 7.42. The molecule has 0 saturated heterocycles. The fourth-order valence-corrected chi connectivity index (χ4v) is 2.60. The molecular weight excluding hydrogens is 309 g/mol. The Balaban J connectivity index is 1.66. The zero-order chi connectivity index (χ0) is 14.8. The van der Waals surface area contributed by atoms with Crippen LogP contribution in [0.5, 0.6) is 0 Å². The van der Waals surface area contributed by atoms with Crippen molar-refractivity contribution in [2.24, 2.45) is 0 Å². The molecule has 0 aliphatic heterocycles. The number of aromatic nitrogens is 2. The number of carbonyl (C=O) groups is 1. The van der Waals surface area contributed by atoms with Crippen LogP contribution in [0.1, 0.15) is 40.5 Å². The summed E-state index contributed by atoms with van der Waals surface area (Å²) >= 11 is 11.8. The van der Waals surface area contributed by atoms with Gasteiger partial charge in [0.2, 0.25) is 0 Å². The molecule has 1 heterocycles. The van der Waals surface area contributed by atoms with E-state index in [9.17, 15) is 4.79 Å². The molecule has 1 amide bonds. The Labute approximate surface area is 132 Å². The van der Waals surface area contributed by atoms with E-state index in [4.69, 9.17) is 23.2 Å².